The van der Waals surface area contributed by atoms with E-state index in [-0.39, 0.29) is 23.0 Å². The summed E-state index contributed by atoms with van der Waals surface area (Å²) in [7, 11) is 0. The van der Waals surface area contributed by atoms with Crippen LogP contribution in [0.15, 0.2) is 46.2 Å². The summed E-state index contributed by atoms with van der Waals surface area (Å²) in [6, 6.07) is 7.42. The van der Waals surface area contributed by atoms with Crippen molar-refractivity contribution < 1.29 is 14.3 Å². The molecule has 0 radical (unpaired) electrons. The fourth-order valence-electron chi connectivity index (χ4n) is 1.39. The number of oxime groups is 1. The van der Waals surface area contributed by atoms with Gasteiger partial charge in [0.1, 0.15) is 0 Å². The van der Waals surface area contributed by atoms with E-state index in [4.69, 9.17) is 15.7 Å². The van der Waals surface area contributed by atoms with Gasteiger partial charge >= 0.3 is 0 Å². The monoisotopic (exact) mass is 325 g/mol. The first-order valence-corrected chi connectivity index (χ1v) is 5.97. The Hall–Kier alpha value is -2.15. The summed E-state index contributed by atoms with van der Waals surface area (Å²) in [4.78, 5) is 3.92. The van der Waals surface area contributed by atoms with Crippen molar-refractivity contribution in [1.82, 2.24) is 4.98 Å². The lowest BCUT2D eigenvalue weighted by molar-refractivity contribution is 0.318. The number of nitrogens with two attached hydrogens (primary N) is 1. The van der Waals surface area contributed by atoms with Gasteiger partial charge in [0.15, 0.2) is 28.8 Å². The van der Waals surface area contributed by atoms with Crippen molar-refractivity contribution in [3.63, 3.8) is 0 Å². The molecule has 5 nitrogen and oxygen atoms in total. The summed E-state index contributed by atoms with van der Waals surface area (Å²) in [5.41, 5.74) is 5.60. The van der Waals surface area contributed by atoms with Crippen LogP contribution in [0.5, 0.6) is 11.5 Å². The molecule has 0 saturated heterocycles. The van der Waals surface area contributed by atoms with Crippen LogP contribution in [-0.4, -0.2) is 16.0 Å². The Morgan fingerprint density at radius 3 is 2.89 bits per heavy atom. The van der Waals surface area contributed by atoms with Gasteiger partial charge in [0.05, 0.1) is 0 Å². The number of benzene rings is 1. The average molecular weight is 326 g/mol. The molecule has 1 aromatic heterocycles. The van der Waals surface area contributed by atoms with E-state index in [2.05, 4.69) is 26.1 Å². The van der Waals surface area contributed by atoms with E-state index in [0.29, 0.717) is 4.47 Å². The smallest absolute Gasteiger partial charge is 0.192 e. The normalized spacial score (nSPS) is 11.4. The Kier molecular flexibility index (Phi) is 3.96. The molecule has 0 saturated carbocycles. The van der Waals surface area contributed by atoms with Gasteiger partial charge in [-0.25, -0.2) is 9.37 Å². The number of aromatic nitrogens is 1. The molecule has 98 valence electrons. The standard InChI is InChI=1S/C12H9BrFN3O2/c13-7-3-4-8(14)10(6-7)19-9-2-1-5-16-11(9)12(15)17-18/h1-6,18H,(H2,15,17). The molecule has 19 heavy (non-hydrogen) atoms. The molecule has 0 fully saturated rings. The molecular formula is C12H9BrFN3O2. The molecule has 1 aromatic carbocycles. The van der Waals surface area contributed by atoms with Gasteiger partial charge in [-0.15, -0.1) is 0 Å². The van der Waals surface area contributed by atoms with Gasteiger partial charge in [0.2, 0.25) is 0 Å². The highest BCUT2D eigenvalue weighted by Crippen LogP contribution is 2.28. The van der Waals surface area contributed by atoms with Crippen LogP contribution < -0.4 is 10.5 Å². The molecule has 0 spiro atoms. The third kappa shape index (κ3) is 3.00. The Morgan fingerprint density at radius 1 is 1.37 bits per heavy atom. The maximum atomic E-state index is 13.6. The van der Waals surface area contributed by atoms with Gasteiger partial charge in [-0.1, -0.05) is 21.1 Å². The Labute approximate surface area is 116 Å². The van der Waals surface area contributed by atoms with Crippen LogP contribution in [-0.2, 0) is 0 Å². The summed E-state index contributed by atoms with van der Waals surface area (Å²) in [5.74, 6) is -0.548. The Morgan fingerprint density at radius 2 is 2.16 bits per heavy atom. The van der Waals surface area contributed by atoms with Crippen LogP contribution in [0.25, 0.3) is 0 Å². The predicted molar refractivity (Wildman–Crippen MR) is 70.9 cm³/mol. The summed E-state index contributed by atoms with van der Waals surface area (Å²) in [6.45, 7) is 0. The fraction of sp³-hybridized carbons (Fsp3) is 0. The van der Waals surface area contributed by atoms with Gasteiger partial charge in [-0.3, -0.25) is 0 Å². The molecule has 3 N–H and O–H groups in total. The van der Waals surface area contributed by atoms with Crippen molar-refractivity contribution in [3.8, 4) is 11.5 Å². The molecule has 0 atom stereocenters. The number of pyridine rings is 1. The highest BCUT2D eigenvalue weighted by Gasteiger charge is 2.12. The molecule has 0 aliphatic carbocycles. The molecule has 0 amide bonds. The second kappa shape index (κ2) is 5.66. The highest BCUT2D eigenvalue weighted by molar-refractivity contribution is 9.10. The Balaban J connectivity index is 2.41. The van der Waals surface area contributed by atoms with Crippen LogP contribution >= 0.6 is 15.9 Å². The minimum absolute atomic E-state index is 0.00867. The summed E-state index contributed by atoms with van der Waals surface area (Å²) in [6.07, 6.45) is 1.46. The highest BCUT2D eigenvalue weighted by atomic mass is 79.9. The average Bonchev–Trinajstić information content (AvgIpc) is 2.42. The second-order valence-corrected chi connectivity index (χ2v) is 4.43. The van der Waals surface area contributed by atoms with Crippen molar-refractivity contribution in [1.29, 1.82) is 0 Å². The molecule has 2 aromatic rings. The van der Waals surface area contributed by atoms with Crippen molar-refractivity contribution in [2.45, 2.75) is 0 Å². The molecular weight excluding hydrogens is 317 g/mol. The summed E-state index contributed by atoms with van der Waals surface area (Å²) < 4.78 is 19.7. The molecule has 0 aliphatic heterocycles. The van der Waals surface area contributed by atoms with Gasteiger partial charge < -0.3 is 15.7 Å². The Bertz CT molecular complexity index is 634. The molecule has 0 unspecified atom stereocenters. The number of nitrogens with zero attached hydrogens (tertiary/aromatic N) is 2. The van der Waals surface area contributed by atoms with Crippen LogP contribution in [0.2, 0.25) is 0 Å². The van der Waals surface area contributed by atoms with Crippen molar-refractivity contribution >= 4 is 21.8 Å². The van der Waals surface area contributed by atoms with Crippen molar-refractivity contribution in [2.75, 3.05) is 0 Å². The third-order valence-electron chi connectivity index (χ3n) is 2.23. The first kappa shape index (κ1) is 13.3. The zero-order valence-corrected chi connectivity index (χ0v) is 11.1. The van der Waals surface area contributed by atoms with Crippen LogP contribution in [0, 0.1) is 5.82 Å². The number of ether oxygens (including phenoxy) is 1. The van der Waals surface area contributed by atoms with E-state index in [1.165, 1.54) is 18.3 Å². The topological polar surface area (TPSA) is 80.7 Å². The number of rotatable bonds is 3. The lowest BCUT2D eigenvalue weighted by Crippen LogP contribution is -2.16. The van der Waals surface area contributed by atoms with E-state index >= 15 is 0 Å². The first-order valence-electron chi connectivity index (χ1n) is 5.17. The molecule has 7 heteroatoms. The molecule has 0 bridgehead atoms. The van der Waals surface area contributed by atoms with Crippen LogP contribution in [0.1, 0.15) is 5.69 Å². The van der Waals surface area contributed by atoms with Crippen LogP contribution in [0.3, 0.4) is 0 Å². The number of amidine groups is 1. The van der Waals surface area contributed by atoms with Gasteiger partial charge in [-0.05, 0) is 30.3 Å². The fourth-order valence-corrected chi connectivity index (χ4v) is 1.73. The molecule has 1 heterocycles. The van der Waals surface area contributed by atoms with Gasteiger partial charge in [-0.2, -0.15) is 0 Å². The van der Waals surface area contributed by atoms with Gasteiger partial charge in [0.25, 0.3) is 0 Å². The minimum atomic E-state index is -0.530. The lowest BCUT2D eigenvalue weighted by Gasteiger charge is -2.10. The van der Waals surface area contributed by atoms with E-state index in [1.807, 2.05) is 0 Å². The number of halogens is 2. The van der Waals surface area contributed by atoms with Crippen molar-refractivity contribution in [3.05, 3.63) is 52.5 Å². The van der Waals surface area contributed by atoms with Gasteiger partial charge in [0, 0.05) is 10.7 Å². The molecule has 0 aliphatic rings. The third-order valence-corrected chi connectivity index (χ3v) is 2.73. The zero-order valence-electron chi connectivity index (χ0n) is 9.55. The van der Waals surface area contributed by atoms with Crippen molar-refractivity contribution in [2.24, 2.45) is 10.9 Å². The SMILES string of the molecule is N/C(=N/O)c1ncccc1Oc1cc(Br)ccc1F. The van der Waals surface area contributed by atoms with E-state index in [0.717, 1.165) is 0 Å². The first-order chi connectivity index (χ1) is 9.11. The van der Waals surface area contributed by atoms with Crippen LogP contribution in [0.4, 0.5) is 4.39 Å². The summed E-state index contributed by atoms with van der Waals surface area (Å²) in [5, 5.41) is 11.5. The largest absolute Gasteiger partial charge is 0.452 e. The lowest BCUT2D eigenvalue weighted by atomic mass is 10.3. The number of hydrogen-bond acceptors (Lipinski definition) is 4. The maximum Gasteiger partial charge on any atom is 0.192 e. The van der Waals surface area contributed by atoms with E-state index in [1.54, 1.807) is 18.2 Å². The van der Waals surface area contributed by atoms with E-state index in [9.17, 15) is 4.39 Å². The minimum Gasteiger partial charge on any atom is -0.452 e. The second-order valence-electron chi connectivity index (χ2n) is 3.51. The van der Waals surface area contributed by atoms with E-state index < -0.39 is 5.82 Å². The zero-order chi connectivity index (χ0) is 13.8. The maximum absolute atomic E-state index is 13.6. The summed E-state index contributed by atoms with van der Waals surface area (Å²) >= 11 is 3.22. The predicted octanol–water partition coefficient (Wildman–Crippen LogP) is 2.87. The quantitative estimate of drug-likeness (QED) is 0.393. The molecule has 2 rings (SSSR count). The number of hydrogen-bond donors (Lipinski definition) is 2.